The molecule has 1 amide bonds. The number of aliphatic imine (C=N–C) groups is 1. The normalized spacial score (nSPS) is 19.3. The molecule has 0 fully saturated rings. The molecule has 0 saturated carbocycles. The van der Waals surface area contributed by atoms with Crippen molar-refractivity contribution < 1.29 is 18.7 Å². The molecule has 5 rings (SSSR count). The maximum Gasteiger partial charge on any atom is 0.332 e. The molecule has 33 heavy (non-hydrogen) atoms. The summed E-state index contributed by atoms with van der Waals surface area (Å²) >= 11 is 7.18. The molecule has 7 nitrogen and oxygen atoms in total. The lowest BCUT2D eigenvalue weighted by atomic mass is 10.0. The van der Waals surface area contributed by atoms with Crippen LogP contribution in [-0.4, -0.2) is 34.4 Å². The van der Waals surface area contributed by atoms with Crippen LogP contribution in [0.15, 0.2) is 80.1 Å². The van der Waals surface area contributed by atoms with Gasteiger partial charge in [0.25, 0.3) is 5.91 Å². The van der Waals surface area contributed by atoms with E-state index in [0.717, 1.165) is 34.0 Å². The highest BCUT2D eigenvalue weighted by Gasteiger charge is 2.37. The number of benzene rings is 2. The molecule has 0 radical (unpaired) electrons. The number of fused-ring (bicyclic) bond motifs is 1. The zero-order valence-corrected chi connectivity index (χ0v) is 19.1. The van der Waals surface area contributed by atoms with Crippen LogP contribution in [0.1, 0.15) is 30.7 Å². The zero-order valence-electron chi connectivity index (χ0n) is 17.5. The molecule has 2 aromatic carbocycles. The molecule has 0 N–H and O–H groups in total. The van der Waals surface area contributed by atoms with Crippen molar-refractivity contribution in [2.24, 2.45) is 10.1 Å². The predicted molar refractivity (Wildman–Crippen MR) is 128 cm³/mol. The van der Waals surface area contributed by atoms with Crippen LogP contribution in [0.2, 0.25) is 5.02 Å². The Balaban J connectivity index is 1.50. The van der Waals surface area contributed by atoms with Gasteiger partial charge in [0, 0.05) is 22.9 Å². The number of nitrogens with zero attached hydrogens (tertiary/aromatic N) is 3. The van der Waals surface area contributed by atoms with Gasteiger partial charge in [-0.3, -0.25) is 4.79 Å². The van der Waals surface area contributed by atoms with Crippen LogP contribution >= 0.6 is 23.4 Å². The van der Waals surface area contributed by atoms with Crippen molar-refractivity contribution in [2.75, 3.05) is 6.61 Å². The van der Waals surface area contributed by atoms with E-state index in [-0.39, 0.29) is 17.6 Å². The number of hydrogen-bond acceptors (Lipinski definition) is 7. The number of hydrogen-bond donors (Lipinski definition) is 0. The average molecular weight is 480 g/mol. The van der Waals surface area contributed by atoms with Gasteiger partial charge in [0.1, 0.15) is 11.3 Å². The second kappa shape index (κ2) is 8.88. The van der Waals surface area contributed by atoms with E-state index in [1.54, 1.807) is 11.9 Å². The highest BCUT2D eigenvalue weighted by molar-refractivity contribution is 8.18. The maximum atomic E-state index is 12.4. The average Bonchev–Trinajstić information content (AvgIpc) is 3.51. The van der Waals surface area contributed by atoms with E-state index in [2.05, 4.69) is 4.99 Å². The fraction of sp³-hybridized carbons (Fsp3) is 0.167. The van der Waals surface area contributed by atoms with Crippen LogP contribution in [-0.2, 0) is 14.3 Å². The van der Waals surface area contributed by atoms with E-state index in [9.17, 15) is 9.59 Å². The number of rotatable bonds is 4. The van der Waals surface area contributed by atoms with Crippen LogP contribution in [0.4, 0.5) is 0 Å². The van der Waals surface area contributed by atoms with Gasteiger partial charge in [-0.1, -0.05) is 41.9 Å². The third-order valence-corrected chi connectivity index (χ3v) is 6.44. The number of carbonyl (C=O) groups excluding carboxylic acids is 2. The Kier molecular flexibility index (Phi) is 5.78. The minimum atomic E-state index is -0.577. The molecule has 0 bridgehead atoms. The molecule has 2 aliphatic rings. The minimum absolute atomic E-state index is 0.200. The molecule has 2 aliphatic heterocycles. The summed E-state index contributed by atoms with van der Waals surface area (Å²) in [6.07, 6.45) is 1.72. The quantitative estimate of drug-likeness (QED) is 0.372. The molecule has 166 valence electrons. The number of ether oxygens (including phenoxy) is 1. The van der Waals surface area contributed by atoms with Crippen LogP contribution in [0.25, 0.3) is 11.0 Å². The lowest BCUT2D eigenvalue weighted by Crippen LogP contribution is -2.23. The van der Waals surface area contributed by atoms with Crippen LogP contribution in [0, 0.1) is 0 Å². The number of furan rings is 1. The fourth-order valence-electron chi connectivity index (χ4n) is 3.69. The number of amides is 1. The van der Waals surface area contributed by atoms with Gasteiger partial charge in [0.15, 0.2) is 10.9 Å². The lowest BCUT2D eigenvalue weighted by molar-refractivity contribution is -0.137. The summed E-state index contributed by atoms with van der Waals surface area (Å²) in [7, 11) is 0. The summed E-state index contributed by atoms with van der Waals surface area (Å²) in [5, 5.41) is 8.49. The van der Waals surface area contributed by atoms with Crippen molar-refractivity contribution in [3.05, 3.63) is 81.9 Å². The number of thioether (sulfide) groups is 1. The summed E-state index contributed by atoms with van der Waals surface area (Å²) < 4.78 is 10.9. The Morgan fingerprint density at radius 2 is 2.06 bits per heavy atom. The lowest BCUT2D eigenvalue weighted by Gasteiger charge is -2.22. The first-order chi connectivity index (χ1) is 16.0. The predicted octanol–water partition coefficient (Wildman–Crippen LogP) is 5.31. The summed E-state index contributed by atoms with van der Waals surface area (Å²) in [6.45, 7) is 1.93. The molecule has 3 heterocycles. The number of halogens is 1. The molecule has 0 aliphatic carbocycles. The van der Waals surface area contributed by atoms with Gasteiger partial charge in [0.05, 0.1) is 17.6 Å². The van der Waals surface area contributed by atoms with Gasteiger partial charge >= 0.3 is 5.97 Å². The molecular weight excluding hydrogens is 462 g/mol. The second-order valence-corrected chi connectivity index (χ2v) is 8.82. The second-order valence-electron chi connectivity index (χ2n) is 7.37. The van der Waals surface area contributed by atoms with Crippen molar-refractivity contribution in [1.29, 1.82) is 0 Å². The summed E-state index contributed by atoms with van der Waals surface area (Å²) in [5.41, 5.74) is 2.48. The van der Waals surface area contributed by atoms with Crippen molar-refractivity contribution in [2.45, 2.75) is 19.4 Å². The molecule has 0 saturated heterocycles. The molecule has 0 spiro atoms. The molecule has 1 aromatic heterocycles. The fourth-order valence-corrected chi connectivity index (χ4v) is 4.69. The Morgan fingerprint density at radius 1 is 1.27 bits per heavy atom. The van der Waals surface area contributed by atoms with Crippen LogP contribution in [0.5, 0.6) is 0 Å². The largest absolute Gasteiger partial charge is 0.463 e. The minimum Gasteiger partial charge on any atom is -0.463 e. The van der Waals surface area contributed by atoms with Gasteiger partial charge in [0.2, 0.25) is 0 Å². The maximum absolute atomic E-state index is 12.4. The van der Waals surface area contributed by atoms with Gasteiger partial charge in [-0.2, -0.15) is 10.1 Å². The van der Waals surface area contributed by atoms with E-state index in [1.165, 1.54) is 6.08 Å². The zero-order chi connectivity index (χ0) is 22.9. The smallest absolute Gasteiger partial charge is 0.332 e. The van der Waals surface area contributed by atoms with Gasteiger partial charge in [-0.05, 0) is 48.5 Å². The Morgan fingerprint density at radius 3 is 2.82 bits per heavy atom. The first-order valence-corrected chi connectivity index (χ1v) is 11.5. The number of carbonyl (C=O) groups is 2. The van der Waals surface area contributed by atoms with Crippen molar-refractivity contribution >= 4 is 57.1 Å². The summed E-state index contributed by atoms with van der Waals surface area (Å²) in [6, 6.07) is 17.0. The standard InChI is InChI=1S/C24H18ClN3O4S/c1-2-31-22(29)13-21-23(30)26-24(33-21)28-18(14-7-9-16(25)10-8-14)12-17(27-28)20-11-15-5-3-4-6-19(15)32-20/h3-11,13,18H,2,12H2,1H3/b21-13+. The third-order valence-electron chi connectivity index (χ3n) is 5.22. The van der Waals surface area contributed by atoms with E-state index in [0.29, 0.717) is 22.4 Å². The SMILES string of the molecule is CCOC(=O)/C=C1/SC(N2N=C(c3cc4ccccc4o3)CC2c2ccc(Cl)cc2)=NC1=O. The molecule has 1 atom stereocenters. The van der Waals surface area contributed by atoms with Gasteiger partial charge in [-0.15, -0.1) is 0 Å². The summed E-state index contributed by atoms with van der Waals surface area (Å²) in [5.74, 6) is -0.410. The number of hydrazone groups is 1. The molecule has 1 unspecified atom stereocenters. The van der Waals surface area contributed by atoms with Crippen molar-refractivity contribution in [3.8, 4) is 0 Å². The van der Waals surface area contributed by atoms with Gasteiger partial charge in [-0.25, -0.2) is 9.80 Å². The van der Waals surface area contributed by atoms with E-state index in [4.69, 9.17) is 25.9 Å². The van der Waals surface area contributed by atoms with Crippen molar-refractivity contribution in [3.63, 3.8) is 0 Å². The number of esters is 1. The molecule has 3 aromatic rings. The highest BCUT2D eigenvalue weighted by Crippen LogP contribution is 2.39. The molecular formula is C24H18ClN3O4S. The van der Waals surface area contributed by atoms with Crippen LogP contribution in [0.3, 0.4) is 0 Å². The van der Waals surface area contributed by atoms with E-state index >= 15 is 0 Å². The molecule has 9 heteroatoms. The first-order valence-electron chi connectivity index (χ1n) is 10.3. The van der Waals surface area contributed by atoms with Gasteiger partial charge < -0.3 is 9.15 Å². The Labute approximate surface area is 198 Å². The van der Waals surface area contributed by atoms with E-state index in [1.807, 2.05) is 54.6 Å². The monoisotopic (exact) mass is 479 g/mol. The van der Waals surface area contributed by atoms with Crippen molar-refractivity contribution in [1.82, 2.24) is 5.01 Å². The summed E-state index contributed by atoms with van der Waals surface area (Å²) in [4.78, 5) is 28.6. The number of amidine groups is 1. The Bertz CT molecular complexity index is 1310. The van der Waals surface area contributed by atoms with Crippen LogP contribution < -0.4 is 0 Å². The topological polar surface area (TPSA) is 84.5 Å². The number of para-hydroxylation sites is 1. The first kappa shape index (κ1) is 21.5. The van der Waals surface area contributed by atoms with E-state index < -0.39 is 11.9 Å². The third kappa shape index (κ3) is 4.31. The Hall–Kier alpha value is -3.36. The highest BCUT2D eigenvalue weighted by atomic mass is 35.5.